The van der Waals surface area contributed by atoms with Crippen LogP contribution in [0.4, 0.5) is 5.69 Å². The van der Waals surface area contributed by atoms with Crippen LogP contribution in [-0.2, 0) is 0 Å². The number of aromatic nitrogens is 1. The van der Waals surface area contributed by atoms with E-state index in [0.29, 0.717) is 0 Å². The summed E-state index contributed by atoms with van der Waals surface area (Å²) in [7, 11) is -2.76. The molecule has 0 atom stereocenters. The van der Waals surface area contributed by atoms with E-state index in [1.165, 1.54) is 0 Å². The number of rotatable bonds is 1. The third kappa shape index (κ3) is 1.32. The van der Waals surface area contributed by atoms with Crippen LogP contribution in [0.15, 0.2) is 18.3 Å². The molecule has 3 nitrogen and oxygen atoms in total. The zero-order chi connectivity index (χ0) is 11.8. The van der Waals surface area contributed by atoms with Gasteiger partial charge in [0.05, 0.1) is 15.3 Å². The molecule has 0 bridgehead atoms. The lowest BCUT2D eigenvalue weighted by Gasteiger charge is -1.96. The van der Waals surface area contributed by atoms with Gasteiger partial charge in [0.25, 0.3) is 0 Å². The molecule has 1 heterocycles. The van der Waals surface area contributed by atoms with Gasteiger partial charge in [-0.3, -0.25) is 0 Å². The summed E-state index contributed by atoms with van der Waals surface area (Å²) in [6, 6.07) is -0.912. The first kappa shape index (κ1) is 1.87. The van der Waals surface area contributed by atoms with Gasteiger partial charge < -0.3 is 10.5 Å². The predicted octanol–water partition coefficient (Wildman–Crippen LogP) is 0.672. The van der Waals surface area contributed by atoms with Crippen LogP contribution in [0.25, 0.3) is 0 Å². The molecule has 0 spiro atoms. The first-order valence-corrected chi connectivity index (χ1v) is 2.14. The van der Waals surface area contributed by atoms with E-state index in [1.807, 2.05) is 0 Å². The van der Waals surface area contributed by atoms with Gasteiger partial charge in [0.1, 0.15) is 0 Å². The Balaban J connectivity index is 3.21. The summed E-state index contributed by atoms with van der Waals surface area (Å²) < 4.78 is 46.5. The van der Waals surface area contributed by atoms with Crippen molar-refractivity contribution < 1.29 is 13.0 Å². The van der Waals surface area contributed by atoms with Gasteiger partial charge in [-0.1, -0.05) is 0 Å². The molecule has 1 aromatic heterocycles. The molecule has 0 fully saturated rings. The third-order valence-electron chi connectivity index (χ3n) is 0.686. The number of pyridine rings is 1. The monoisotopic (exact) mass is 130 g/mol. The van der Waals surface area contributed by atoms with Crippen LogP contribution in [0, 0.1) is 0 Å². The van der Waals surface area contributed by atoms with Gasteiger partial charge in [-0.15, -0.1) is 0 Å². The van der Waals surface area contributed by atoms with E-state index < -0.39 is 31.2 Å². The first-order chi connectivity index (χ1) is 6.72. The first-order valence-electron chi connectivity index (χ1n) is 5.14. The number of hydrogen-bond donors (Lipinski definition) is 1. The maximum Gasteiger partial charge on any atom is 0.214 e. The van der Waals surface area contributed by atoms with Crippen molar-refractivity contribution in [3.05, 3.63) is 18.3 Å². The Morgan fingerprint density at radius 2 is 2.89 bits per heavy atom. The van der Waals surface area contributed by atoms with Crippen LogP contribution >= 0.6 is 0 Å². The van der Waals surface area contributed by atoms with Crippen molar-refractivity contribution in [2.75, 3.05) is 12.8 Å². The quantitative estimate of drug-likeness (QED) is 0.608. The van der Waals surface area contributed by atoms with Gasteiger partial charge in [-0.2, -0.15) is 0 Å². The second-order valence-corrected chi connectivity index (χ2v) is 1.29. The number of nitrogens with zero attached hydrogens (tertiary/aromatic N) is 1. The molecule has 0 radical (unpaired) electrons. The summed E-state index contributed by atoms with van der Waals surface area (Å²) in [5.74, 6) is -0.562. The summed E-state index contributed by atoms with van der Waals surface area (Å²) in [4.78, 5) is 3.35. The van der Waals surface area contributed by atoms with Crippen LogP contribution < -0.4 is 10.5 Å². The van der Waals surface area contributed by atoms with Crippen molar-refractivity contribution in [3.63, 3.8) is 0 Å². The average molecular weight is 130 g/mol. The molecule has 1 rings (SSSR count). The van der Waals surface area contributed by atoms with Crippen LogP contribution in [0.1, 0.15) is 8.22 Å². The Kier molecular flexibility index (Phi) is 0.487. The van der Waals surface area contributed by atoms with Gasteiger partial charge in [0, 0.05) is 17.9 Å². The Morgan fingerprint density at radius 3 is 3.67 bits per heavy atom. The third-order valence-corrected chi connectivity index (χ3v) is 0.686. The molecule has 0 aromatic carbocycles. The van der Waals surface area contributed by atoms with E-state index in [1.54, 1.807) is 0 Å². The number of methoxy groups -OCH3 is 1. The van der Waals surface area contributed by atoms with Crippen molar-refractivity contribution in [2.45, 2.75) is 0 Å². The number of anilines is 1. The lowest BCUT2D eigenvalue weighted by Crippen LogP contribution is -1.89. The Morgan fingerprint density at radius 1 is 2.00 bits per heavy atom. The molecule has 0 aliphatic heterocycles. The van der Waals surface area contributed by atoms with Crippen molar-refractivity contribution >= 4 is 5.69 Å². The molecular weight excluding hydrogens is 116 g/mol. The SMILES string of the molecule is [2H]c1nc(OC([2H])([2H])[2H])c([2H])c(N)c1[2H]. The summed E-state index contributed by atoms with van der Waals surface area (Å²) >= 11 is 0. The summed E-state index contributed by atoms with van der Waals surface area (Å²) in [6.07, 6.45) is -0.525. The normalized spacial score (nSPS) is 20.0. The molecule has 2 N–H and O–H groups in total. The molecule has 0 saturated heterocycles. The van der Waals surface area contributed by atoms with Gasteiger partial charge in [-0.05, 0) is 6.04 Å². The molecule has 48 valence electrons. The minimum Gasteiger partial charge on any atom is -0.481 e. The maximum absolute atomic E-state index is 7.35. The van der Waals surface area contributed by atoms with Crippen molar-refractivity contribution in [3.8, 4) is 5.88 Å². The van der Waals surface area contributed by atoms with Gasteiger partial charge in [0.2, 0.25) is 5.88 Å². The molecule has 9 heavy (non-hydrogen) atoms. The molecule has 0 saturated carbocycles. The Hall–Kier alpha value is -1.25. The fraction of sp³-hybridized carbons (Fsp3) is 0.167. The van der Waals surface area contributed by atoms with E-state index in [-0.39, 0.29) is 5.69 Å². The fourth-order valence-corrected chi connectivity index (χ4v) is 0.362. The van der Waals surface area contributed by atoms with Crippen LogP contribution in [0.5, 0.6) is 5.88 Å². The number of nitrogens with two attached hydrogens (primary N) is 1. The van der Waals surface area contributed by atoms with Crippen molar-refractivity contribution in [2.24, 2.45) is 0 Å². The van der Waals surface area contributed by atoms with Gasteiger partial charge in [0.15, 0.2) is 0 Å². The second kappa shape index (κ2) is 2.35. The molecule has 0 aliphatic rings. The molecule has 3 heteroatoms. The minimum absolute atomic E-state index is 0.325. The van der Waals surface area contributed by atoms with E-state index in [9.17, 15) is 0 Å². The number of hydrogen-bond acceptors (Lipinski definition) is 3. The van der Waals surface area contributed by atoms with E-state index >= 15 is 0 Å². The summed E-state index contributed by atoms with van der Waals surface area (Å²) in [6.45, 7) is 0. The lowest BCUT2D eigenvalue weighted by molar-refractivity contribution is 0.398. The zero-order valence-electron chi connectivity index (χ0n) is 10.4. The minimum atomic E-state index is -2.76. The molecule has 0 unspecified atom stereocenters. The topological polar surface area (TPSA) is 48.1 Å². The van der Waals surface area contributed by atoms with Crippen molar-refractivity contribution in [1.29, 1.82) is 0 Å². The highest BCUT2D eigenvalue weighted by atomic mass is 16.5. The van der Waals surface area contributed by atoms with Gasteiger partial charge >= 0.3 is 0 Å². The van der Waals surface area contributed by atoms with Crippen molar-refractivity contribution in [1.82, 2.24) is 4.98 Å². The summed E-state index contributed by atoms with van der Waals surface area (Å²) in [5, 5.41) is 0. The lowest BCUT2D eigenvalue weighted by atomic mass is 10.4. The highest BCUT2D eigenvalue weighted by Crippen LogP contribution is 2.08. The number of nitrogen functional groups attached to an aromatic ring is 1. The average Bonchev–Trinajstić information content (AvgIpc) is 2.08. The standard InChI is InChI=1S/C6H8N2O/c1-9-6-4-5(7)2-3-8-6/h2-4H,1H3,(H2,7,8)/i1D3,2D,3D,4D. The van der Waals surface area contributed by atoms with Gasteiger partial charge in [-0.25, -0.2) is 4.98 Å². The largest absolute Gasteiger partial charge is 0.481 e. The van der Waals surface area contributed by atoms with Crippen LogP contribution in [0.3, 0.4) is 0 Å². The maximum atomic E-state index is 7.35. The van der Waals surface area contributed by atoms with E-state index in [2.05, 4.69) is 9.72 Å². The smallest absolute Gasteiger partial charge is 0.214 e. The van der Waals surface area contributed by atoms with Crippen LogP contribution in [-0.4, -0.2) is 12.0 Å². The predicted molar refractivity (Wildman–Crippen MR) is 35.2 cm³/mol. The molecule has 0 amide bonds. The van der Waals surface area contributed by atoms with Crippen LogP contribution in [0.2, 0.25) is 0 Å². The molecule has 0 aliphatic carbocycles. The highest BCUT2D eigenvalue weighted by Gasteiger charge is 1.88. The highest BCUT2D eigenvalue weighted by molar-refractivity contribution is 5.39. The Labute approximate surface area is 61.9 Å². The molecule has 1 aromatic rings. The Bertz CT molecular complexity index is 390. The zero-order valence-corrected chi connectivity index (χ0v) is 4.43. The number of ether oxygens (including phenoxy) is 1. The van der Waals surface area contributed by atoms with E-state index in [0.717, 1.165) is 0 Å². The second-order valence-electron chi connectivity index (χ2n) is 1.29. The van der Waals surface area contributed by atoms with E-state index in [4.69, 9.17) is 14.0 Å². The summed E-state index contributed by atoms with van der Waals surface area (Å²) in [5.41, 5.74) is 4.98. The fourth-order valence-electron chi connectivity index (χ4n) is 0.362. The molecular formula is C6H8N2O.